The van der Waals surface area contributed by atoms with E-state index in [-0.39, 0.29) is 5.92 Å². The van der Waals surface area contributed by atoms with E-state index in [4.69, 9.17) is 0 Å². The summed E-state index contributed by atoms with van der Waals surface area (Å²) in [6.45, 7) is 2.14. The van der Waals surface area contributed by atoms with Crippen LogP contribution in [0, 0.1) is 17.8 Å². The zero-order valence-electron chi connectivity index (χ0n) is 13.1. The number of rotatable bonds is 2. The van der Waals surface area contributed by atoms with E-state index in [2.05, 4.69) is 6.92 Å². The van der Waals surface area contributed by atoms with E-state index in [1.807, 2.05) is 0 Å². The Morgan fingerprint density at radius 2 is 1.00 bits per heavy atom. The normalized spacial score (nSPS) is 44.9. The lowest BCUT2D eigenvalue weighted by Gasteiger charge is -2.45. The minimum atomic E-state index is -0.591. The molecule has 3 aliphatic rings. The Labute approximate surface area is 124 Å². The maximum Gasteiger partial charge on any atom is 0.0729 e. The highest BCUT2D eigenvalue weighted by atomic mass is 16.3. The average molecular weight is 280 g/mol. The van der Waals surface area contributed by atoms with Crippen LogP contribution in [0.5, 0.6) is 0 Å². The van der Waals surface area contributed by atoms with E-state index in [0.717, 1.165) is 12.8 Å². The first kappa shape index (κ1) is 14.8. The molecule has 0 aromatic rings. The van der Waals surface area contributed by atoms with Crippen molar-refractivity contribution in [1.82, 2.24) is 0 Å². The molecule has 2 nitrogen and oxygen atoms in total. The summed E-state index contributed by atoms with van der Waals surface area (Å²) < 4.78 is 0. The molecule has 2 N–H and O–H groups in total. The third kappa shape index (κ3) is 2.33. The fourth-order valence-electron chi connectivity index (χ4n) is 5.59. The lowest BCUT2D eigenvalue weighted by Crippen LogP contribution is -2.51. The number of aliphatic hydroxyl groups is 2. The zero-order chi connectivity index (χ0) is 14.2. The van der Waals surface area contributed by atoms with Gasteiger partial charge in [0.15, 0.2) is 0 Å². The molecule has 3 atom stereocenters. The van der Waals surface area contributed by atoms with Crippen LogP contribution in [-0.2, 0) is 0 Å². The summed E-state index contributed by atoms with van der Waals surface area (Å²) in [6.07, 6.45) is 14.0. The Morgan fingerprint density at radius 1 is 0.650 bits per heavy atom. The van der Waals surface area contributed by atoms with Gasteiger partial charge in [-0.3, -0.25) is 0 Å². The van der Waals surface area contributed by atoms with Gasteiger partial charge in [0.2, 0.25) is 0 Å². The van der Waals surface area contributed by atoms with Gasteiger partial charge in [-0.05, 0) is 50.4 Å². The van der Waals surface area contributed by atoms with Crippen molar-refractivity contribution >= 4 is 0 Å². The standard InChI is InChI=1S/C18H32O2/c1-14-17(19,15-8-4-2-5-9-15)12-13-18(14,20)16-10-6-3-7-11-16/h14-16,19-20H,2-13H2,1H3/t14?,17-,18+. The van der Waals surface area contributed by atoms with Crippen molar-refractivity contribution in [3.8, 4) is 0 Å². The van der Waals surface area contributed by atoms with Gasteiger partial charge in [0.1, 0.15) is 0 Å². The Kier molecular flexibility index (Phi) is 4.16. The molecular formula is C18H32O2. The molecule has 0 spiro atoms. The van der Waals surface area contributed by atoms with Crippen LogP contribution < -0.4 is 0 Å². The molecule has 3 saturated carbocycles. The van der Waals surface area contributed by atoms with Crippen molar-refractivity contribution in [3.05, 3.63) is 0 Å². The van der Waals surface area contributed by atoms with Crippen LogP contribution in [0.25, 0.3) is 0 Å². The fraction of sp³-hybridized carbons (Fsp3) is 1.00. The fourth-order valence-corrected chi connectivity index (χ4v) is 5.59. The van der Waals surface area contributed by atoms with E-state index >= 15 is 0 Å². The van der Waals surface area contributed by atoms with E-state index in [1.54, 1.807) is 0 Å². The highest BCUT2D eigenvalue weighted by molar-refractivity contribution is 5.09. The van der Waals surface area contributed by atoms with E-state index in [1.165, 1.54) is 64.2 Å². The topological polar surface area (TPSA) is 40.5 Å². The van der Waals surface area contributed by atoms with Gasteiger partial charge in [0.05, 0.1) is 11.2 Å². The molecule has 0 aliphatic heterocycles. The van der Waals surface area contributed by atoms with Gasteiger partial charge < -0.3 is 10.2 Å². The van der Waals surface area contributed by atoms with Crippen LogP contribution in [0.4, 0.5) is 0 Å². The largest absolute Gasteiger partial charge is 0.389 e. The highest BCUT2D eigenvalue weighted by Gasteiger charge is 2.58. The molecule has 0 bridgehead atoms. The molecule has 0 heterocycles. The molecule has 2 heteroatoms. The van der Waals surface area contributed by atoms with Gasteiger partial charge in [-0.25, -0.2) is 0 Å². The van der Waals surface area contributed by atoms with Crippen LogP contribution in [0.15, 0.2) is 0 Å². The van der Waals surface area contributed by atoms with Crippen molar-refractivity contribution in [1.29, 1.82) is 0 Å². The van der Waals surface area contributed by atoms with E-state index in [0.29, 0.717) is 11.8 Å². The van der Waals surface area contributed by atoms with E-state index in [9.17, 15) is 10.2 Å². The third-order valence-electron chi connectivity index (χ3n) is 7.05. The van der Waals surface area contributed by atoms with Crippen molar-refractivity contribution in [2.45, 2.75) is 95.2 Å². The van der Waals surface area contributed by atoms with E-state index < -0.39 is 11.2 Å². The summed E-state index contributed by atoms with van der Waals surface area (Å²) in [5, 5.41) is 22.6. The molecule has 3 rings (SSSR count). The number of hydrogen-bond donors (Lipinski definition) is 2. The van der Waals surface area contributed by atoms with Gasteiger partial charge in [0, 0.05) is 5.92 Å². The van der Waals surface area contributed by atoms with Crippen LogP contribution in [-0.4, -0.2) is 21.4 Å². The third-order valence-corrected chi connectivity index (χ3v) is 7.05. The molecule has 116 valence electrons. The lowest BCUT2D eigenvalue weighted by atomic mass is 9.66. The van der Waals surface area contributed by atoms with Gasteiger partial charge in [0.25, 0.3) is 0 Å². The van der Waals surface area contributed by atoms with Gasteiger partial charge in [-0.2, -0.15) is 0 Å². The predicted molar refractivity (Wildman–Crippen MR) is 81.4 cm³/mol. The second kappa shape index (κ2) is 5.61. The number of hydrogen-bond acceptors (Lipinski definition) is 2. The molecule has 0 aromatic carbocycles. The molecule has 0 saturated heterocycles. The first-order valence-corrected chi connectivity index (χ1v) is 9.02. The van der Waals surface area contributed by atoms with Crippen molar-refractivity contribution in [3.63, 3.8) is 0 Å². The quantitative estimate of drug-likeness (QED) is 0.801. The smallest absolute Gasteiger partial charge is 0.0729 e. The van der Waals surface area contributed by atoms with Crippen LogP contribution in [0.3, 0.4) is 0 Å². The zero-order valence-corrected chi connectivity index (χ0v) is 13.1. The van der Waals surface area contributed by atoms with Crippen molar-refractivity contribution in [2.75, 3.05) is 0 Å². The summed E-state index contributed by atoms with van der Waals surface area (Å²) in [7, 11) is 0. The maximum atomic E-state index is 11.3. The Bertz CT molecular complexity index is 298. The molecular weight excluding hydrogens is 248 g/mol. The summed E-state index contributed by atoms with van der Waals surface area (Å²) in [5.74, 6) is 0.925. The molecule has 20 heavy (non-hydrogen) atoms. The predicted octanol–water partition coefficient (Wildman–Crippen LogP) is 4.04. The highest BCUT2D eigenvalue weighted by Crippen LogP contribution is 2.55. The first-order valence-electron chi connectivity index (χ1n) is 9.02. The Hall–Kier alpha value is -0.0800. The van der Waals surface area contributed by atoms with Crippen LogP contribution in [0.1, 0.15) is 84.0 Å². The van der Waals surface area contributed by atoms with Crippen molar-refractivity contribution in [2.24, 2.45) is 17.8 Å². The SMILES string of the molecule is CC1[C@](O)(C2CCCCC2)CC[C@]1(O)C1CCCCC1. The van der Waals surface area contributed by atoms with Gasteiger partial charge in [-0.15, -0.1) is 0 Å². The van der Waals surface area contributed by atoms with Gasteiger partial charge >= 0.3 is 0 Å². The maximum absolute atomic E-state index is 11.3. The molecule has 0 radical (unpaired) electrons. The molecule has 0 aromatic heterocycles. The molecule has 3 aliphatic carbocycles. The van der Waals surface area contributed by atoms with Crippen LogP contribution >= 0.6 is 0 Å². The minimum absolute atomic E-state index is 0.0567. The summed E-state index contributed by atoms with van der Waals surface area (Å²) in [5.41, 5.74) is -1.18. The monoisotopic (exact) mass is 280 g/mol. The molecule has 0 amide bonds. The second-order valence-electron chi connectivity index (χ2n) is 7.87. The Balaban J connectivity index is 1.75. The second-order valence-corrected chi connectivity index (χ2v) is 7.87. The Morgan fingerprint density at radius 3 is 1.35 bits per heavy atom. The molecule has 1 unspecified atom stereocenters. The van der Waals surface area contributed by atoms with Crippen molar-refractivity contribution < 1.29 is 10.2 Å². The minimum Gasteiger partial charge on any atom is -0.389 e. The van der Waals surface area contributed by atoms with Crippen LogP contribution in [0.2, 0.25) is 0 Å². The summed E-state index contributed by atoms with van der Waals surface area (Å²) in [6, 6.07) is 0. The summed E-state index contributed by atoms with van der Waals surface area (Å²) in [4.78, 5) is 0. The van der Waals surface area contributed by atoms with Gasteiger partial charge in [-0.1, -0.05) is 45.4 Å². The average Bonchev–Trinajstić information content (AvgIpc) is 2.76. The molecule has 3 fully saturated rings. The summed E-state index contributed by atoms with van der Waals surface area (Å²) >= 11 is 0. The lowest BCUT2D eigenvalue weighted by molar-refractivity contribution is -0.128. The first-order chi connectivity index (χ1) is 9.57.